The molecule has 1 saturated heterocycles. The maximum Gasteiger partial charge on any atom is 0.242 e. The van der Waals surface area contributed by atoms with Gasteiger partial charge in [-0.05, 0) is 31.4 Å². The first-order valence-electron chi connectivity index (χ1n) is 6.40. The molecule has 1 amide bonds. The van der Waals surface area contributed by atoms with Gasteiger partial charge in [-0.3, -0.25) is 9.78 Å². The second-order valence-corrected chi connectivity index (χ2v) is 4.49. The molecule has 5 nitrogen and oxygen atoms in total. The molecule has 1 atom stereocenters. The summed E-state index contributed by atoms with van der Waals surface area (Å²) in [7, 11) is 1.68. The SMILES string of the molecule is CNC(=O)C1CCCCN1c1cccnc1CN. The molecule has 0 radical (unpaired) electrons. The number of pyridine rings is 1. The summed E-state index contributed by atoms with van der Waals surface area (Å²) in [5, 5.41) is 2.74. The van der Waals surface area contributed by atoms with Gasteiger partial charge < -0.3 is 16.0 Å². The Hall–Kier alpha value is -1.62. The fourth-order valence-corrected chi connectivity index (χ4v) is 2.51. The lowest BCUT2D eigenvalue weighted by Gasteiger charge is -2.37. The van der Waals surface area contributed by atoms with Gasteiger partial charge >= 0.3 is 0 Å². The van der Waals surface area contributed by atoms with Crippen molar-refractivity contribution in [2.45, 2.75) is 31.8 Å². The van der Waals surface area contributed by atoms with Crippen LogP contribution in [0.15, 0.2) is 18.3 Å². The summed E-state index contributed by atoms with van der Waals surface area (Å²) in [5.41, 5.74) is 7.57. The van der Waals surface area contributed by atoms with E-state index in [0.29, 0.717) is 6.54 Å². The average Bonchev–Trinajstić information content (AvgIpc) is 2.46. The van der Waals surface area contributed by atoms with Crippen molar-refractivity contribution < 1.29 is 4.79 Å². The number of nitrogens with two attached hydrogens (primary N) is 1. The first kappa shape index (κ1) is 12.8. The molecule has 1 aromatic rings. The third-order valence-corrected chi connectivity index (χ3v) is 3.42. The van der Waals surface area contributed by atoms with Crippen molar-refractivity contribution in [1.82, 2.24) is 10.3 Å². The number of nitrogens with zero attached hydrogens (tertiary/aromatic N) is 2. The number of hydrogen-bond acceptors (Lipinski definition) is 4. The third kappa shape index (κ3) is 2.46. The Morgan fingerprint density at radius 3 is 3.17 bits per heavy atom. The number of aromatic nitrogens is 1. The zero-order valence-corrected chi connectivity index (χ0v) is 10.7. The molecule has 98 valence electrons. The zero-order valence-electron chi connectivity index (χ0n) is 10.7. The highest BCUT2D eigenvalue weighted by Crippen LogP contribution is 2.26. The van der Waals surface area contributed by atoms with Crippen LogP contribution in [0.3, 0.4) is 0 Å². The highest BCUT2D eigenvalue weighted by atomic mass is 16.2. The number of carbonyl (C=O) groups is 1. The van der Waals surface area contributed by atoms with Gasteiger partial charge in [0, 0.05) is 26.3 Å². The molecule has 1 aliphatic heterocycles. The fourth-order valence-electron chi connectivity index (χ4n) is 2.51. The molecule has 0 spiro atoms. The monoisotopic (exact) mass is 248 g/mol. The molecule has 0 aliphatic carbocycles. The number of amides is 1. The second-order valence-electron chi connectivity index (χ2n) is 4.49. The van der Waals surface area contributed by atoms with Crippen molar-refractivity contribution in [2.24, 2.45) is 5.73 Å². The van der Waals surface area contributed by atoms with E-state index in [9.17, 15) is 4.79 Å². The Labute approximate surface area is 107 Å². The van der Waals surface area contributed by atoms with Crippen LogP contribution in [0.2, 0.25) is 0 Å². The van der Waals surface area contributed by atoms with Crippen LogP contribution < -0.4 is 16.0 Å². The average molecular weight is 248 g/mol. The number of likely N-dealkylation sites (N-methyl/N-ethyl adjacent to an activating group) is 1. The zero-order chi connectivity index (χ0) is 13.0. The number of carbonyl (C=O) groups excluding carboxylic acids is 1. The normalized spacial score (nSPS) is 19.7. The molecule has 0 aromatic carbocycles. The largest absolute Gasteiger partial charge is 0.358 e. The molecular weight excluding hydrogens is 228 g/mol. The molecule has 2 rings (SSSR count). The van der Waals surface area contributed by atoms with Crippen molar-refractivity contribution in [3.05, 3.63) is 24.0 Å². The molecule has 0 saturated carbocycles. The van der Waals surface area contributed by atoms with E-state index in [4.69, 9.17) is 5.73 Å². The Kier molecular flexibility index (Phi) is 4.15. The molecule has 1 unspecified atom stereocenters. The predicted octanol–water partition coefficient (Wildman–Crippen LogP) is 0.645. The lowest BCUT2D eigenvalue weighted by Crippen LogP contribution is -2.49. The van der Waals surface area contributed by atoms with E-state index >= 15 is 0 Å². The van der Waals surface area contributed by atoms with E-state index < -0.39 is 0 Å². The van der Waals surface area contributed by atoms with E-state index in [0.717, 1.165) is 37.2 Å². The molecule has 1 fully saturated rings. The van der Waals surface area contributed by atoms with Crippen molar-refractivity contribution >= 4 is 11.6 Å². The van der Waals surface area contributed by atoms with Crippen LogP contribution in [-0.2, 0) is 11.3 Å². The molecule has 1 aromatic heterocycles. The Morgan fingerprint density at radius 2 is 2.44 bits per heavy atom. The second kappa shape index (κ2) is 5.82. The standard InChI is InChI=1S/C13H20N4O/c1-15-13(18)12-5-2-3-8-17(12)11-6-4-7-16-10(11)9-14/h4,6-7,12H,2-3,5,8-9,14H2,1H3,(H,15,18). The number of anilines is 1. The van der Waals surface area contributed by atoms with Crippen LogP contribution in [0.25, 0.3) is 0 Å². The minimum Gasteiger partial charge on any atom is -0.358 e. The van der Waals surface area contributed by atoms with Crippen LogP contribution >= 0.6 is 0 Å². The predicted molar refractivity (Wildman–Crippen MR) is 71.2 cm³/mol. The number of piperidine rings is 1. The van der Waals surface area contributed by atoms with Crippen LogP contribution in [0.1, 0.15) is 25.0 Å². The minimum atomic E-state index is -0.0988. The molecule has 18 heavy (non-hydrogen) atoms. The van der Waals surface area contributed by atoms with E-state index in [1.54, 1.807) is 13.2 Å². The lowest BCUT2D eigenvalue weighted by atomic mass is 10.00. The van der Waals surface area contributed by atoms with E-state index in [-0.39, 0.29) is 11.9 Å². The first-order chi connectivity index (χ1) is 8.77. The first-order valence-corrected chi connectivity index (χ1v) is 6.40. The summed E-state index contributed by atoms with van der Waals surface area (Å²) < 4.78 is 0. The van der Waals surface area contributed by atoms with Crippen molar-refractivity contribution in [2.75, 3.05) is 18.5 Å². The molecular formula is C13H20N4O. The molecule has 2 heterocycles. The minimum absolute atomic E-state index is 0.0709. The van der Waals surface area contributed by atoms with Gasteiger partial charge in [-0.15, -0.1) is 0 Å². The van der Waals surface area contributed by atoms with Crippen LogP contribution in [-0.4, -0.2) is 30.5 Å². The van der Waals surface area contributed by atoms with E-state index in [1.807, 2.05) is 12.1 Å². The highest BCUT2D eigenvalue weighted by Gasteiger charge is 2.29. The van der Waals surface area contributed by atoms with Gasteiger partial charge in [-0.2, -0.15) is 0 Å². The number of hydrogen-bond donors (Lipinski definition) is 2. The number of nitrogens with one attached hydrogen (secondary N) is 1. The summed E-state index contributed by atoms with van der Waals surface area (Å²) in [5.74, 6) is 0.0709. The summed E-state index contributed by atoms with van der Waals surface area (Å²) in [6.45, 7) is 1.28. The topological polar surface area (TPSA) is 71.2 Å². The van der Waals surface area contributed by atoms with Gasteiger partial charge in [-0.25, -0.2) is 0 Å². The summed E-state index contributed by atoms with van der Waals surface area (Å²) in [4.78, 5) is 18.4. The van der Waals surface area contributed by atoms with Gasteiger partial charge in [0.2, 0.25) is 5.91 Å². The molecule has 0 bridgehead atoms. The summed E-state index contributed by atoms with van der Waals surface area (Å²) >= 11 is 0. The Balaban J connectivity index is 2.30. The summed E-state index contributed by atoms with van der Waals surface area (Å²) in [6.07, 6.45) is 4.82. The maximum absolute atomic E-state index is 11.9. The smallest absolute Gasteiger partial charge is 0.242 e. The van der Waals surface area contributed by atoms with Crippen molar-refractivity contribution in [3.63, 3.8) is 0 Å². The number of rotatable bonds is 3. The molecule has 3 N–H and O–H groups in total. The van der Waals surface area contributed by atoms with Gasteiger partial charge in [0.05, 0.1) is 11.4 Å². The van der Waals surface area contributed by atoms with Crippen LogP contribution in [0.4, 0.5) is 5.69 Å². The molecule has 5 heteroatoms. The fraction of sp³-hybridized carbons (Fsp3) is 0.538. The van der Waals surface area contributed by atoms with Crippen molar-refractivity contribution in [3.8, 4) is 0 Å². The van der Waals surface area contributed by atoms with Gasteiger partial charge in [0.25, 0.3) is 0 Å². The Morgan fingerprint density at radius 1 is 1.61 bits per heavy atom. The maximum atomic E-state index is 11.9. The van der Waals surface area contributed by atoms with Gasteiger partial charge in [-0.1, -0.05) is 0 Å². The quantitative estimate of drug-likeness (QED) is 0.823. The van der Waals surface area contributed by atoms with Gasteiger partial charge in [0.1, 0.15) is 6.04 Å². The highest BCUT2D eigenvalue weighted by molar-refractivity contribution is 5.85. The van der Waals surface area contributed by atoms with Crippen molar-refractivity contribution in [1.29, 1.82) is 0 Å². The summed E-state index contributed by atoms with van der Waals surface area (Å²) in [6, 6.07) is 3.79. The lowest BCUT2D eigenvalue weighted by molar-refractivity contribution is -0.122. The van der Waals surface area contributed by atoms with Gasteiger partial charge in [0.15, 0.2) is 0 Å². The van der Waals surface area contributed by atoms with E-state index in [2.05, 4.69) is 15.2 Å². The third-order valence-electron chi connectivity index (χ3n) is 3.42. The van der Waals surface area contributed by atoms with E-state index in [1.165, 1.54) is 0 Å². The molecule has 1 aliphatic rings. The van der Waals surface area contributed by atoms with Crippen LogP contribution in [0.5, 0.6) is 0 Å². The Bertz CT molecular complexity index is 421. The van der Waals surface area contributed by atoms with Crippen LogP contribution in [0, 0.1) is 0 Å².